The Morgan fingerprint density at radius 3 is 2.73 bits per heavy atom. The van der Waals surface area contributed by atoms with Crippen LogP contribution >= 0.6 is 0 Å². The molecule has 1 saturated carbocycles. The van der Waals surface area contributed by atoms with Crippen LogP contribution < -0.4 is 5.32 Å². The summed E-state index contributed by atoms with van der Waals surface area (Å²) in [5, 5.41) is 8.14. The quantitative estimate of drug-likeness (QED) is 0.802. The predicted octanol–water partition coefficient (Wildman–Crippen LogP) is 2.20. The average Bonchev–Trinajstić information content (AvgIpc) is 2.95. The minimum atomic E-state index is 0.513. The van der Waals surface area contributed by atoms with E-state index in [9.17, 15) is 0 Å². The molecule has 3 heteroatoms. The van der Waals surface area contributed by atoms with Gasteiger partial charge in [-0.1, -0.05) is 6.92 Å². The Labute approximate surface area is 91.9 Å². The predicted molar refractivity (Wildman–Crippen MR) is 62.1 cm³/mol. The maximum absolute atomic E-state index is 4.56. The van der Waals surface area contributed by atoms with Gasteiger partial charge in [-0.15, -0.1) is 0 Å². The number of hydrogen-bond acceptors (Lipinski definition) is 2. The number of nitrogens with zero attached hydrogens (tertiary/aromatic N) is 2. The molecule has 2 rings (SSSR count). The third-order valence-electron chi connectivity index (χ3n) is 3.08. The first kappa shape index (κ1) is 10.7. The van der Waals surface area contributed by atoms with Gasteiger partial charge in [-0.3, -0.25) is 4.68 Å². The number of rotatable bonds is 5. The SMILES string of the molecule is CCC(CNC1CC1)n1nc(C)cc1C. The van der Waals surface area contributed by atoms with Gasteiger partial charge in [0.2, 0.25) is 0 Å². The third kappa shape index (κ3) is 2.59. The molecule has 1 aliphatic carbocycles. The Morgan fingerprint density at radius 1 is 1.53 bits per heavy atom. The highest BCUT2D eigenvalue weighted by atomic mass is 15.3. The van der Waals surface area contributed by atoms with Gasteiger partial charge in [0.1, 0.15) is 0 Å². The van der Waals surface area contributed by atoms with Crippen LogP contribution in [0.5, 0.6) is 0 Å². The van der Waals surface area contributed by atoms with E-state index >= 15 is 0 Å². The largest absolute Gasteiger partial charge is 0.312 e. The summed E-state index contributed by atoms with van der Waals surface area (Å²) in [6.45, 7) is 7.49. The summed E-state index contributed by atoms with van der Waals surface area (Å²) >= 11 is 0. The topological polar surface area (TPSA) is 29.9 Å². The van der Waals surface area contributed by atoms with Crippen molar-refractivity contribution in [2.24, 2.45) is 0 Å². The lowest BCUT2D eigenvalue weighted by Gasteiger charge is -2.18. The van der Waals surface area contributed by atoms with Crippen LogP contribution in [-0.4, -0.2) is 22.4 Å². The Bertz CT molecular complexity index is 326. The van der Waals surface area contributed by atoms with Crippen LogP contribution in [0.25, 0.3) is 0 Å². The van der Waals surface area contributed by atoms with Crippen molar-refractivity contribution in [3.8, 4) is 0 Å². The second-order valence-corrected chi connectivity index (χ2v) is 4.62. The number of aryl methyl sites for hydroxylation is 2. The van der Waals surface area contributed by atoms with Crippen molar-refractivity contribution in [2.45, 2.75) is 52.1 Å². The molecule has 1 heterocycles. The van der Waals surface area contributed by atoms with Crippen LogP contribution in [0.4, 0.5) is 0 Å². The van der Waals surface area contributed by atoms with Crippen LogP contribution in [0.3, 0.4) is 0 Å². The number of hydrogen-bond donors (Lipinski definition) is 1. The first-order valence-electron chi connectivity index (χ1n) is 5.97. The molecule has 0 aromatic carbocycles. The molecule has 1 aromatic rings. The Balaban J connectivity index is 2.00. The fourth-order valence-corrected chi connectivity index (χ4v) is 2.01. The van der Waals surface area contributed by atoms with Gasteiger partial charge < -0.3 is 5.32 Å². The van der Waals surface area contributed by atoms with Crippen LogP contribution in [0, 0.1) is 13.8 Å². The summed E-state index contributed by atoms with van der Waals surface area (Å²) in [5.74, 6) is 0. The van der Waals surface area contributed by atoms with E-state index < -0.39 is 0 Å². The first-order chi connectivity index (χ1) is 7.20. The zero-order valence-electron chi connectivity index (χ0n) is 9.95. The summed E-state index contributed by atoms with van der Waals surface area (Å²) in [5.41, 5.74) is 2.40. The summed E-state index contributed by atoms with van der Waals surface area (Å²) in [7, 11) is 0. The number of nitrogens with one attached hydrogen (secondary N) is 1. The van der Waals surface area contributed by atoms with Gasteiger partial charge in [0.15, 0.2) is 0 Å². The molecule has 0 bridgehead atoms. The second-order valence-electron chi connectivity index (χ2n) is 4.62. The van der Waals surface area contributed by atoms with Crippen LogP contribution in [-0.2, 0) is 0 Å². The van der Waals surface area contributed by atoms with Crippen LogP contribution in [0.1, 0.15) is 43.6 Å². The fourth-order valence-electron chi connectivity index (χ4n) is 2.01. The highest BCUT2D eigenvalue weighted by molar-refractivity contribution is 5.07. The lowest BCUT2D eigenvalue weighted by atomic mass is 10.2. The molecule has 0 radical (unpaired) electrons. The van der Waals surface area contributed by atoms with Crippen molar-refractivity contribution in [1.82, 2.24) is 15.1 Å². The molecular weight excluding hydrogens is 186 g/mol. The van der Waals surface area contributed by atoms with E-state index in [0.29, 0.717) is 6.04 Å². The lowest BCUT2D eigenvalue weighted by Crippen LogP contribution is -2.27. The molecule has 15 heavy (non-hydrogen) atoms. The highest BCUT2D eigenvalue weighted by Gasteiger charge is 2.22. The van der Waals surface area contributed by atoms with E-state index in [-0.39, 0.29) is 0 Å². The smallest absolute Gasteiger partial charge is 0.0644 e. The molecule has 1 fully saturated rings. The fraction of sp³-hybridized carbons (Fsp3) is 0.750. The molecule has 1 aromatic heterocycles. The molecule has 0 spiro atoms. The molecule has 1 atom stereocenters. The summed E-state index contributed by atoms with van der Waals surface area (Å²) < 4.78 is 2.17. The zero-order valence-corrected chi connectivity index (χ0v) is 9.95. The molecule has 0 amide bonds. The molecule has 1 unspecified atom stereocenters. The van der Waals surface area contributed by atoms with Gasteiger partial charge in [-0.05, 0) is 39.2 Å². The van der Waals surface area contributed by atoms with E-state index in [0.717, 1.165) is 24.7 Å². The van der Waals surface area contributed by atoms with E-state index in [1.54, 1.807) is 0 Å². The number of aromatic nitrogens is 2. The summed E-state index contributed by atoms with van der Waals surface area (Å²) in [6, 6.07) is 3.45. The van der Waals surface area contributed by atoms with Crippen LogP contribution in [0.2, 0.25) is 0 Å². The summed E-state index contributed by atoms with van der Waals surface area (Å²) in [6.07, 6.45) is 3.85. The van der Waals surface area contributed by atoms with Gasteiger partial charge in [-0.2, -0.15) is 5.10 Å². The summed E-state index contributed by atoms with van der Waals surface area (Å²) in [4.78, 5) is 0. The minimum absolute atomic E-state index is 0.513. The van der Waals surface area contributed by atoms with Crippen LogP contribution in [0.15, 0.2) is 6.07 Å². The molecule has 0 saturated heterocycles. The van der Waals surface area contributed by atoms with Crippen molar-refractivity contribution in [3.05, 3.63) is 17.5 Å². The highest BCUT2D eigenvalue weighted by Crippen LogP contribution is 2.20. The maximum atomic E-state index is 4.56. The van der Waals surface area contributed by atoms with E-state index in [4.69, 9.17) is 0 Å². The van der Waals surface area contributed by atoms with Gasteiger partial charge in [-0.25, -0.2) is 0 Å². The molecule has 1 N–H and O–H groups in total. The molecule has 84 valence electrons. The molecule has 1 aliphatic rings. The van der Waals surface area contributed by atoms with Crippen molar-refractivity contribution in [2.75, 3.05) is 6.54 Å². The first-order valence-corrected chi connectivity index (χ1v) is 5.97. The third-order valence-corrected chi connectivity index (χ3v) is 3.08. The van der Waals surface area contributed by atoms with Crippen molar-refractivity contribution in [3.63, 3.8) is 0 Å². The molecule has 3 nitrogen and oxygen atoms in total. The Kier molecular flexibility index (Phi) is 3.10. The standard InChI is InChI=1S/C12H21N3/c1-4-12(8-13-11-5-6-11)15-10(3)7-9(2)14-15/h7,11-13H,4-6,8H2,1-3H3. The monoisotopic (exact) mass is 207 g/mol. The van der Waals surface area contributed by atoms with E-state index in [2.05, 4.69) is 41.9 Å². The van der Waals surface area contributed by atoms with Gasteiger partial charge in [0, 0.05) is 18.3 Å². The van der Waals surface area contributed by atoms with Crippen molar-refractivity contribution >= 4 is 0 Å². The zero-order chi connectivity index (χ0) is 10.8. The Hall–Kier alpha value is -0.830. The maximum Gasteiger partial charge on any atom is 0.0644 e. The minimum Gasteiger partial charge on any atom is -0.312 e. The molecule has 0 aliphatic heterocycles. The van der Waals surface area contributed by atoms with Gasteiger partial charge in [0.25, 0.3) is 0 Å². The van der Waals surface area contributed by atoms with E-state index in [1.807, 2.05) is 0 Å². The Morgan fingerprint density at radius 2 is 2.27 bits per heavy atom. The second kappa shape index (κ2) is 4.35. The van der Waals surface area contributed by atoms with E-state index in [1.165, 1.54) is 18.5 Å². The average molecular weight is 207 g/mol. The molecular formula is C12H21N3. The van der Waals surface area contributed by atoms with Crippen molar-refractivity contribution in [1.29, 1.82) is 0 Å². The van der Waals surface area contributed by atoms with Gasteiger partial charge in [0.05, 0.1) is 11.7 Å². The lowest BCUT2D eigenvalue weighted by molar-refractivity contribution is 0.402. The normalized spacial score (nSPS) is 18.1. The van der Waals surface area contributed by atoms with Gasteiger partial charge >= 0.3 is 0 Å². The van der Waals surface area contributed by atoms with Crippen molar-refractivity contribution < 1.29 is 0 Å².